The quantitative estimate of drug-likeness (QED) is 0.374. The average Bonchev–Trinajstić information content (AvgIpc) is 2.09. The van der Waals surface area contributed by atoms with Gasteiger partial charge in [-0.15, -0.1) is 0 Å². The molecule has 0 aromatic rings. The van der Waals surface area contributed by atoms with E-state index in [4.69, 9.17) is 4.74 Å². The van der Waals surface area contributed by atoms with Crippen LogP contribution < -0.4 is 0 Å². The minimum atomic E-state index is -0.446. The lowest BCUT2D eigenvalue weighted by Crippen LogP contribution is -2.09. The van der Waals surface area contributed by atoms with E-state index in [-0.39, 0.29) is 11.5 Å². The molecule has 0 heterocycles. The lowest BCUT2D eigenvalue weighted by Gasteiger charge is -2.04. The van der Waals surface area contributed by atoms with E-state index in [2.05, 4.69) is 0 Å². The zero-order chi connectivity index (χ0) is 10.3. The van der Waals surface area contributed by atoms with Crippen molar-refractivity contribution in [2.75, 3.05) is 0 Å². The van der Waals surface area contributed by atoms with E-state index in [9.17, 15) is 9.59 Å². The van der Waals surface area contributed by atoms with Gasteiger partial charge in [0.25, 0.3) is 0 Å². The maximum absolute atomic E-state index is 11.3. The first-order valence-corrected chi connectivity index (χ1v) is 4.49. The van der Waals surface area contributed by atoms with Crippen LogP contribution in [0, 0.1) is 0 Å². The highest BCUT2D eigenvalue weighted by Crippen LogP contribution is 2.06. The number of carbonyl (C=O) groups is 2. The number of allylic oxidation sites excluding steroid dienone is 2. The van der Waals surface area contributed by atoms with Gasteiger partial charge >= 0.3 is 5.97 Å². The minimum Gasteiger partial charge on any atom is -0.423 e. The second-order valence-corrected chi connectivity index (χ2v) is 2.77. The van der Waals surface area contributed by atoms with Crippen LogP contribution in [0.5, 0.6) is 0 Å². The molecule has 0 saturated heterocycles. The Kier molecular flexibility index (Phi) is 5.85. The normalized spacial score (nSPS) is 11.2. The van der Waals surface area contributed by atoms with Crippen LogP contribution in [0.3, 0.4) is 0 Å². The Labute approximate surface area is 78.8 Å². The predicted molar refractivity (Wildman–Crippen MR) is 50.1 cm³/mol. The van der Waals surface area contributed by atoms with Crippen LogP contribution in [0.2, 0.25) is 0 Å². The molecule has 0 aliphatic heterocycles. The van der Waals surface area contributed by atoms with E-state index in [0.29, 0.717) is 6.42 Å². The average molecular weight is 184 g/mol. The summed E-state index contributed by atoms with van der Waals surface area (Å²) in [6.45, 7) is 4.98. The van der Waals surface area contributed by atoms with Crippen LogP contribution in [0.25, 0.3) is 0 Å². The molecule has 0 aliphatic carbocycles. The van der Waals surface area contributed by atoms with Gasteiger partial charge in [0.05, 0.1) is 0 Å². The van der Waals surface area contributed by atoms with E-state index < -0.39 is 5.97 Å². The maximum Gasteiger partial charge on any atom is 0.308 e. The third-order valence-electron chi connectivity index (χ3n) is 1.55. The summed E-state index contributed by atoms with van der Waals surface area (Å²) < 4.78 is 4.73. The van der Waals surface area contributed by atoms with Crippen LogP contribution >= 0.6 is 0 Å². The second-order valence-electron chi connectivity index (χ2n) is 2.77. The fourth-order valence-electron chi connectivity index (χ4n) is 0.892. The summed E-state index contributed by atoms with van der Waals surface area (Å²) in [7, 11) is 0. The number of hydrogen-bond donors (Lipinski definition) is 0. The van der Waals surface area contributed by atoms with Gasteiger partial charge in [0.2, 0.25) is 0 Å². The number of rotatable bonds is 5. The first kappa shape index (κ1) is 11.9. The fourth-order valence-corrected chi connectivity index (χ4v) is 0.892. The van der Waals surface area contributed by atoms with Crippen molar-refractivity contribution in [3.63, 3.8) is 0 Å². The van der Waals surface area contributed by atoms with Crippen molar-refractivity contribution in [2.45, 2.75) is 40.0 Å². The van der Waals surface area contributed by atoms with Gasteiger partial charge in [-0.25, -0.2) is 0 Å². The third-order valence-corrected chi connectivity index (χ3v) is 1.55. The van der Waals surface area contributed by atoms with Crippen LogP contribution in [0.4, 0.5) is 0 Å². The Morgan fingerprint density at radius 3 is 2.38 bits per heavy atom. The molecule has 0 aliphatic rings. The van der Waals surface area contributed by atoms with Crippen molar-refractivity contribution in [3.05, 3.63) is 11.8 Å². The summed E-state index contributed by atoms with van der Waals surface area (Å²) in [4.78, 5) is 21.9. The molecule has 0 rings (SSSR count). The van der Waals surface area contributed by atoms with Crippen LogP contribution in [-0.2, 0) is 14.3 Å². The molecule has 0 unspecified atom stereocenters. The summed E-state index contributed by atoms with van der Waals surface area (Å²) >= 11 is 0. The van der Waals surface area contributed by atoms with Crippen molar-refractivity contribution < 1.29 is 14.3 Å². The predicted octanol–water partition coefficient (Wildman–Crippen LogP) is 2.21. The zero-order valence-corrected chi connectivity index (χ0v) is 8.42. The fraction of sp³-hybridized carbons (Fsp3) is 0.600. The number of esters is 1. The lowest BCUT2D eigenvalue weighted by atomic mass is 10.1. The molecule has 3 heteroatoms. The van der Waals surface area contributed by atoms with Gasteiger partial charge in [0.15, 0.2) is 11.5 Å². The van der Waals surface area contributed by atoms with Gasteiger partial charge < -0.3 is 4.74 Å². The topological polar surface area (TPSA) is 43.4 Å². The van der Waals surface area contributed by atoms with E-state index >= 15 is 0 Å². The van der Waals surface area contributed by atoms with Gasteiger partial charge in [-0.05, 0) is 19.4 Å². The Morgan fingerprint density at radius 2 is 2.00 bits per heavy atom. The highest BCUT2D eigenvalue weighted by molar-refractivity contribution is 5.95. The molecule has 74 valence electrons. The molecule has 0 aromatic carbocycles. The Hall–Kier alpha value is -1.12. The molecule has 0 aromatic heterocycles. The number of ether oxygens (including phenoxy) is 1. The Balaban J connectivity index is 4.09. The molecule has 0 spiro atoms. The van der Waals surface area contributed by atoms with Crippen molar-refractivity contribution in [2.24, 2.45) is 0 Å². The van der Waals surface area contributed by atoms with Crippen LogP contribution in [-0.4, -0.2) is 11.8 Å². The standard InChI is InChI=1S/C10H16O3/c1-4-6-7-9(12)10(5-2)13-8(3)11/h5H,4,6-7H2,1-3H3/b10-5-. The van der Waals surface area contributed by atoms with Crippen molar-refractivity contribution in [1.82, 2.24) is 0 Å². The first-order valence-electron chi connectivity index (χ1n) is 4.49. The summed E-state index contributed by atoms with van der Waals surface area (Å²) in [6, 6.07) is 0. The van der Waals surface area contributed by atoms with Crippen molar-refractivity contribution in [3.8, 4) is 0 Å². The van der Waals surface area contributed by atoms with Gasteiger partial charge in [-0.1, -0.05) is 13.3 Å². The molecule has 0 radical (unpaired) electrons. The second kappa shape index (κ2) is 6.40. The van der Waals surface area contributed by atoms with Gasteiger partial charge in [0.1, 0.15) is 0 Å². The van der Waals surface area contributed by atoms with E-state index in [1.165, 1.54) is 13.0 Å². The number of ketones is 1. The van der Waals surface area contributed by atoms with Crippen LogP contribution in [0.15, 0.2) is 11.8 Å². The molecule has 3 nitrogen and oxygen atoms in total. The SMILES string of the molecule is C/C=C(\OC(C)=O)C(=O)CCCC. The molecule has 0 saturated carbocycles. The maximum atomic E-state index is 11.3. The van der Waals surface area contributed by atoms with Crippen LogP contribution in [0.1, 0.15) is 40.0 Å². The molecular formula is C10H16O3. The van der Waals surface area contributed by atoms with Gasteiger partial charge in [0, 0.05) is 13.3 Å². The summed E-state index contributed by atoms with van der Waals surface area (Å²) in [5.74, 6) is -0.376. The zero-order valence-electron chi connectivity index (χ0n) is 8.42. The number of unbranched alkanes of at least 4 members (excludes halogenated alkanes) is 1. The summed E-state index contributed by atoms with van der Waals surface area (Å²) in [5.41, 5.74) is 0. The minimum absolute atomic E-state index is 0.0976. The molecule has 0 atom stereocenters. The molecular weight excluding hydrogens is 168 g/mol. The summed E-state index contributed by atoms with van der Waals surface area (Å²) in [6.07, 6.45) is 3.77. The monoisotopic (exact) mass is 184 g/mol. The Bertz CT molecular complexity index is 216. The van der Waals surface area contributed by atoms with Gasteiger partial charge in [-0.3, -0.25) is 9.59 Å². The third kappa shape index (κ3) is 5.17. The first-order chi connectivity index (χ1) is 6.11. The summed E-state index contributed by atoms with van der Waals surface area (Å²) in [5, 5.41) is 0. The van der Waals surface area contributed by atoms with Gasteiger partial charge in [-0.2, -0.15) is 0 Å². The highest BCUT2D eigenvalue weighted by atomic mass is 16.5. The van der Waals surface area contributed by atoms with E-state index in [1.807, 2.05) is 6.92 Å². The van der Waals surface area contributed by atoms with E-state index in [0.717, 1.165) is 12.8 Å². The molecule has 0 bridgehead atoms. The Morgan fingerprint density at radius 1 is 1.38 bits per heavy atom. The largest absolute Gasteiger partial charge is 0.423 e. The lowest BCUT2D eigenvalue weighted by molar-refractivity contribution is -0.140. The highest BCUT2D eigenvalue weighted by Gasteiger charge is 2.10. The molecule has 13 heavy (non-hydrogen) atoms. The van der Waals surface area contributed by atoms with E-state index in [1.54, 1.807) is 6.92 Å². The van der Waals surface area contributed by atoms with Crippen molar-refractivity contribution in [1.29, 1.82) is 0 Å². The molecule has 0 N–H and O–H groups in total. The number of carbonyl (C=O) groups excluding carboxylic acids is 2. The molecule has 0 amide bonds. The van der Waals surface area contributed by atoms with Crippen molar-refractivity contribution >= 4 is 11.8 Å². The molecule has 0 fully saturated rings. The number of hydrogen-bond acceptors (Lipinski definition) is 3. The number of Topliss-reactive ketones (excluding diaryl/α,β-unsaturated/α-hetero) is 1. The smallest absolute Gasteiger partial charge is 0.308 e.